The lowest BCUT2D eigenvalue weighted by atomic mass is 9.79. The number of nitrogens with zero attached hydrogens (tertiary/aromatic N) is 1. The molecule has 0 aliphatic heterocycles. The lowest BCUT2D eigenvalue weighted by molar-refractivity contribution is 0.0201. The van der Waals surface area contributed by atoms with Crippen molar-refractivity contribution >= 4 is 0 Å². The highest BCUT2D eigenvalue weighted by Gasteiger charge is 2.40. The summed E-state index contributed by atoms with van der Waals surface area (Å²) in [5.74, 6) is 2.59. The number of hydrogen-bond donors (Lipinski definition) is 1. The van der Waals surface area contributed by atoms with Crippen LogP contribution in [0.5, 0.6) is 0 Å². The Bertz CT molecular complexity index is 315. The maximum atomic E-state index is 6.34. The largest absolute Gasteiger partial charge is 0.329 e. The van der Waals surface area contributed by atoms with Gasteiger partial charge in [-0.05, 0) is 56.9 Å². The van der Waals surface area contributed by atoms with Crippen LogP contribution in [0, 0.1) is 17.8 Å². The van der Waals surface area contributed by atoms with Crippen molar-refractivity contribution in [3.05, 3.63) is 0 Å². The van der Waals surface area contributed by atoms with Gasteiger partial charge in [-0.2, -0.15) is 0 Å². The number of rotatable bonds is 4. The van der Waals surface area contributed by atoms with E-state index in [1.165, 1.54) is 57.8 Å². The molecular formula is C19H38N2. The first-order valence-corrected chi connectivity index (χ1v) is 9.43. The van der Waals surface area contributed by atoms with E-state index in [2.05, 4.69) is 32.7 Å². The molecule has 0 aromatic rings. The Hall–Kier alpha value is -0.0800. The summed E-state index contributed by atoms with van der Waals surface area (Å²) in [7, 11) is 2.38. The van der Waals surface area contributed by atoms with Crippen LogP contribution < -0.4 is 5.73 Å². The van der Waals surface area contributed by atoms with Crippen molar-refractivity contribution in [1.29, 1.82) is 0 Å². The molecule has 0 saturated heterocycles. The van der Waals surface area contributed by atoms with E-state index in [0.717, 1.165) is 30.3 Å². The first-order chi connectivity index (χ1) is 10.00. The van der Waals surface area contributed by atoms with Gasteiger partial charge < -0.3 is 5.73 Å². The Kier molecular flexibility index (Phi) is 6.14. The van der Waals surface area contributed by atoms with Crippen molar-refractivity contribution in [3.63, 3.8) is 0 Å². The van der Waals surface area contributed by atoms with Crippen LogP contribution in [0.3, 0.4) is 0 Å². The molecule has 2 saturated carbocycles. The molecule has 2 aliphatic rings. The summed E-state index contributed by atoms with van der Waals surface area (Å²) < 4.78 is 0. The molecule has 2 aliphatic carbocycles. The molecule has 2 fully saturated rings. The average Bonchev–Trinajstić information content (AvgIpc) is 2.70. The van der Waals surface area contributed by atoms with Gasteiger partial charge in [0.2, 0.25) is 0 Å². The van der Waals surface area contributed by atoms with Crippen LogP contribution in [0.2, 0.25) is 0 Å². The number of hydrogen-bond acceptors (Lipinski definition) is 2. The fourth-order valence-electron chi connectivity index (χ4n) is 5.01. The molecule has 4 atom stereocenters. The number of likely N-dealkylation sites (N-methyl/N-ethyl adjacent to an activating group) is 1. The van der Waals surface area contributed by atoms with Crippen molar-refractivity contribution in [2.24, 2.45) is 23.5 Å². The van der Waals surface area contributed by atoms with Crippen molar-refractivity contribution in [1.82, 2.24) is 4.90 Å². The van der Waals surface area contributed by atoms with Gasteiger partial charge in [-0.3, -0.25) is 4.90 Å². The van der Waals surface area contributed by atoms with Crippen molar-refractivity contribution < 1.29 is 0 Å². The molecule has 2 nitrogen and oxygen atoms in total. The number of nitrogens with two attached hydrogens (primary N) is 1. The minimum absolute atomic E-state index is 0.278. The van der Waals surface area contributed by atoms with Crippen molar-refractivity contribution in [3.8, 4) is 0 Å². The van der Waals surface area contributed by atoms with Gasteiger partial charge in [-0.25, -0.2) is 0 Å². The predicted octanol–water partition coefficient (Wildman–Crippen LogP) is 4.43. The highest BCUT2D eigenvalue weighted by Crippen LogP contribution is 2.40. The molecule has 21 heavy (non-hydrogen) atoms. The second-order valence-corrected chi connectivity index (χ2v) is 8.30. The van der Waals surface area contributed by atoms with Gasteiger partial charge in [-0.15, -0.1) is 0 Å². The Labute approximate surface area is 132 Å². The summed E-state index contributed by atoms with van der Waals surface area (Å²) in [5.41, 5.74) is 6.62. The maximum Gasteiger partial charge on any atom is 0.0331 e. The van der Waals surface area contributed by atoms with E-state index in [4.69, 9.17) is 5.73 Å². The molecule has 0 spiro atoms. The van der Waals surface area contributed by atoms with Crippen LogP contribution in [0.4, 0.5) is 0 Å². The third kappa shape index (κ3) is 3.82. The van der Waals surface area contributed by atoms with Crippen molar-refractivity contribution in [2.75, 3.05) is 13.6 Å². The lowest BCUT2D eigenvalue weighted by Gasteiger charge is -2.48. The van der Waals surface area contributed by atoms with Crippen LogP contribution in [0.15, 0.2) is 0 Å². The fraction of sp³-hybridized carbons (Fsp3) is 1.00. The topological polar surface area (TPSA) is 29.3 Å². The summed E-state index contributed by atoms with van der Waals surface area (Å²) in [5, 5.41) is 0. The lowest BCUT2D eigenvalue weighted by Crippen LogP contribution is -2.57. The minimum Gasteiger partial charge on any atom is -0.329 e. The molecule has 2 rings (SSSR count). The van der Waals surface area contributed by atoms with E-state index in [0.29, 0.717) is 0 Å². The van der Waals surface area contributed by atoms with Crippen LogP contribution in [-0.2, 0) is 0 Å². The summed E-state index contributed by atoms with van der Waals surface area (Å²) in [4.78, 5) is 2.74. The van der Waals surface area contributed by atoms with Gasteiger partial charge >= 0.3 is 0 Å². The molecule has 0 aromatic heterocycles. The van der Waals surface area contributed by atoms with E-state index in [9.17, 15) is 0 Å². The molecule has 0 bridgehead atoms. The molecule has 124 valence electrons. The summed E-state index contributed by atoms with van der Waals surface area (Å²) in [6.07, 6.45) is 12.4. The first-order valence-electron chi connectivity index (χ1n) is 9.43. The molecular weight excluding hydrogens is 256 g/mol. The summed E-state index contributed by atoms with van der Waals surface area (Å²) >= 11 is 0. The van der Waals surface area contributed by atoms with E-state index < -0.39 is 0 Å². The Morgan fingerprint density at radius 2 is 1.76 bits per heavy atom. The fourth-order valence-corrected chi connectivity index (χ4v) is 5.01. The van der Waals surface area contributed by atoms with Crippen LogP contribution in [0.1, 0.15) is 78.6 Å². The van der Waals surface area contributed by atoms with E-state index >= 15 is 0 Å². The van der Waals surface area contributed by atoms with Gasteiger partial charge in [0.15, 0.2) is 0 Å². The molecule has 0 aromatic carbocycles. The monoisotopic (exact) mass is 294 g/mol. The van der Waals surface area contributed by atoms with E-state index in [1.54, 1.807) is 0 Å². The molecule has 0 radical (unpaired) electrons. The minimum atomic E-state index is 0.278. The molecule has 0 amide bonds. The highest BCUT2D eigenvalue weighted by molar-refractivity contribution is 4.97. The average molecular weight is 295 g/mol. The van der Waals surface area contributed by atoms with Crippen LogP contribution in [-0.4, -0.2) is 30.1 Å². The smallest absolute Gasteiger partial charge is 0.0331 e. The Morgan fingerprint density at radius 3 is 2.38 bits per heavy atom. The van der Waals surface area contributed by atoms with Crippen LogP contribution >= 0.6 is 0 Å². The SMILES string of the molecule is CC(C)C1CCCC(CN)(N(C)C2CCCCC2C)CC1. The van der Waals surface area contributed by atoms with Crippen LogP contribution in [0.25, 0.3) is 0 Å². The molecule has 2 heteroatoms. The molecule has 0 heterocycles. The van der Waals surface area contributed by atoms with Gasteiger partial charge in [0, 0.05) is 18.1 Å². The van der Waals surface area contributed by atoms with Gasteiger partial charge in [-0.1, -0.05) is 46.5 Å². The second kappa shape index (κ2) is 7.46. The van der Waals surface area contributed by atoms with Gasteiger partial charge in [0.1, 0.15) is 0 Å². The zero-order valence-electron chi connectivity index (χ0n) is 14.9. The van der Waals surface area contributed by atoms with Crippen molar-refractivity contribution in [2.45, 2.75) is 90.1 Å². The molecule has 4 unspecified atom stereocenters. The zero-order valence-corrected chi connectivity index (χ0v) is 14.9. The normalized spacial score (nSPS) is 38.7. The highest BCUT2D eigenvalue weighted by atomic mass is 15.2. The zero-order chi connectivity index (χ0) is 15.5. The quantitative estimate of drug-likeness (QED) is 0.777. The van der Waals surface area contributed by atoms with E-state index in [-0.39, 0.29) is 5.54 Å². The van der Waals surface area contributed by atoms with Gasteiger partial charge in [0.25, 0.3) is 0 Å². The summed E-state index contributed by atoms with van der Waals surface area (Å²) in [6.45, 7) is 8.09. The first kappa shape index (κ1) is 17.3. The Morgan fingerprint density at radius 1 is 1.05 bits per heavy atom. The third-order valence-corrected chi connectivity index (χ3v) is 6.83. The molecule has 2 N–H and O–H groups in total. The van der Waals surface area contributed by atoms with Gasteiger partial charge in [0.05, 0.1) is 0 Å². The van der Waals surface area contributed by atoms with E-state index in [1.807, 2.05) is 0 Å². The maximum absolute atomic E-state index is 6.34. The second-order valence-electron chi connectivity index (χ2n) is 8.30. The predicted molar refractivity (Wildman–Crippen MR) is 92.4 cm³/mol. The third-order valence-electron chi connectivity index (χ3n) is 6.83. The summed E-state index contributed by atoms with van der Waals surface area (Å²) in [6, 6.07) is 0.762. The Balaban J connectivity index is 2.09. The standard InChI is InChI=1S/C19H38N2/c1-15(2)17-9-7-12-19(14-20,13-11-17)21(4)18-10-6-5-8-16(18)3/h15-18H,5-14,20H2,1-4H3.